The molecule has 1 N–H and O–H groups in total. The van der Waals surface area contributed by atoms with E-state index in [2.05, 4.69) is 10.3 Å². The molecule has 4 rings (SSSR count). The first-order chi connectivity index (χ1) is 16.1. The van der Waals surface area contributed by atoms with E-state index >= 15 is 0 Å². The summed E-state index contributed by atoms with van der Waals surface area (Å²) in [7, 11) is 4.59. The zero-order valence-electron chi connectivity index (χ0n) is 18.5. The van der Waals surface area contributed by atoms with Crippen molar-refractivity contribution in [2.75, 3.05) is 26.6 Å². The summed E-state index contributed by atoms with van der Waals surface area (Å²) < 4.78 is 16.2. The van der Waals surface area contributed by atoms with Crippen LogP contribution >= 0.6 is 0 Å². The number of imide groups is 1. The Morgan fingerprint density at radius 3 is 2.30 bits per heavy atom. The molecule has 0 aliphatic carbocycles. The molecule has 2 aromatic carbocycles. The van der Waals surface area contributed by atoms with Gasteiger partial charge in [-0.1, -0.05) is 24.3 Å². The molecule has 0 spiro atoms. The largest absolute Gasteiger partial charge is 0.497 e. The lowest BCUT2D eigenvalue weighted by atomic mass is 10.0. The normalized spacial score (nSPS) is 13.4. The summed E-state index contributed by atoms with van der Waals surface area (Å²) in [5.74, 6) is 0.635. The van der Waals surface area contributed by atoms with Crippen molar-refractivity contribution in [2.45, 2.75) is 6.54 Å². The van der Waals surface area contributed by atoms with Gasteiger partial charge in [-0.25, -0.2) is 0 Å². The molecule has 2 amide bonds. The summed E-state index contributed by atoms with van der Waals surface area (Å²) in [4.78, 5) is 32.4. The number of carbonyl (C=O) groups excluding carboxylic acids is 2. The number of amides is 2. The predicted molar refractivity (Wildman–Crippen MR) is 123 cm³/mol. The van der Waals surface area contributed by atoms with Gasteiger partial charge < -0.3 is 19.5 Å². The van der Waals surface area contributed by atoms with E-state index in [4.69, 9.17) is 14.2 Å². The number of carbonyl (C=O) groups is 2. The van der Waals surface area contributed by atoms with Gasteiger partial charge in [-0.15, -0.1) is 0 Å². The molecule has 0 radical (unpaired) electrons. The van der Waals surface area contributed by atoms with E-state index in [1.165, 1.54) is 19.1 Å². The molecule has 0 unspecified atom stereocenters. The highest BCUT2D eigenvalue weighted by Gasteiger charge is 2.40. The van der Waals surface area contributed by atoms with Gasteiger partial charge >= 0.3 is 0 Å². The first-order valence-corrected chi connectivity index (χ1v) is 10.2. The van der Waals surface area contributed by atoms with E-state index in [1.54, 1.807) is 67.9 Å². The molecule has 8 heteroatoms. The number of methoxy groups -OCH3 is 3. The number of benzene rings is 2. The molecule has 33 heavy (non-hydrogen) atoms. The monoisotopic (exact) mass is 445 g/mol. The van der Waals surface area contributed by atoms with E-state index in [9.17, 15) is 9.59 Å². The highest BCUT2D eigenvalue weighted by atomic mass is 16.5. The maximum atomic E-state index is 13.5. The summed E-state index contributed by atoms with van der Waals surface area (Å²) in [5.41, 5.74) is 1.97. The molecule has 0 fully saturated rings. The van der Waals surface area contributed by atoms with Crippen LogP contribution in [-0.2, 0) is 16.1 Å². The van der Waals surface area contributed by atoms with Crippen LogP contribution in [0, 0.1) is 0 Å². The van der Waals surface area contributed by atoms with Crippen LogP contribution in [0.25, 0.3) is 5.57 Å². The number of para-hydroxylation sites is 1. The SMILES string of the molecule is COc1ccc(NC2=C(c3ccccc3OC)C(=O)N(Cc3ccccn3)C2=O)c(OC)c1. The Morgan fingerprint density at radius 1 is 0.848 bits per heavy atom. The minimum atomic E-state index is -0.468. The zero-order chi connectivity index (χ0) is 23.4. The number of hydrogen-bond acceptors (Lipinski definition) is 7. The van der Waals surface area contributed by atoms with Gasteiger partial charge in [0.25, 0.3) is 11.8 Å². The molecule has 0 bridgehead atoms. The van der Waals surface area contributed by atoms with E-state index in [-0.39, 0.29) is 17.8 Å². The van der Waals surface area contributed by atoms with Gasteiger partial charge in [0.05, 0.1) is 44.8 Å². The Morgan fingerprint density at radius 2 is 1.61 bits per heavy atom. The van der Waals surface area contributed by atoms with Gasteiger partial charge in [0.2, 0.25) is 0 Å². The third-order valence-electron chi connectivity index (χ3n) is 5.26. The second-order valence-corrected chi connectivity index (χ2v) is 7.16. The standard InChI is InChI=1S/C25H23N3O5/c1-31-17-11-12-19(21(14-17)33-3)27-23-22(18-9-4-5-10-20(18)32-2)24(29)28(25(23)30)15-16-8-6-7-13-26-16/h4-14,27H,15H2,1-3H3. The van der Waals surface area contributed by atoms with Crippen molar-refractivity contribution in [3.8, 4) is 17.2 Å². The van der Waals surface area contributed by atoms with Crippen molar-refractivity contribution in [3.05, 3.63) is 83.8 Å². The molecule has 168 valence electrons. The Kier molecular flexibility index (Phi) is 6.26. The molecule has 1 aromatic heterocycles. The average Bonchev–Trinajstić information content (AvgIpc) is 3.08. The van der Waals surface area contributed by atoms with Crippen molar-refractivity contribution in [1.29, 1.82) is 0 Å². The summed E-state index contributed by atoms with van der Waals surface area (Å²) >= 11 is 0. The Labute approximate surface area is 191 Å². The molecule has 0 saturated carbocycles. The Balaban J connectivity index is 1.81. The minimum Gasteiger partial charge on any atom is -0.497 e. The highest BCUT2D eigenvalue weighted by Crippen LogP contribution is 2.38. The van der Waals surface area contributed by atoms with Gasteiger partial charge in [0.1, 0.15) is 22.9 Å². The lowest BCUT2D eigenvalue weighted by Gasteiger charge is -2.15. The molecule has 0 saturated heterocycles. The highest BCUT2D eigenvalue weighted by molar-refractivity contribution is 6.37. The third-order valence-corrected chi connectivity index (χ3v) is 5.26. The quantitative estimate of drug-likeness (QED) is 0.531. The van der Waals surface area contributed by atoms with E-state index in [0.717, 1.165) is 0 Å². The summed E-state index contributed by atoms with van der Waals surface area (Å²) in [6, 6.07) is 17.6. The van der Waals surface area contributed by atoms with Crippen LogP contribution in [0.5, 0.6) is 17.2 Å². The van der Waals surface area contributed by atoms with Gasteiger partial charge in [-0.2, -0.15) is 0 Å². The molecule has 0 atom stereocenters. The van der Waals surface area contributed by atoms with Crippen LogP contribution in [0.2, 0.25) is 0 Å². The topological polar surface area (TPSA) is 90.0 Å². The average molecular weight is 445 g/mol. The number of hydrogen-bond donors (Lipinski definition) is 1. The summed E-state index contributed by atoms with van der Waals surface area (Å²) in [6.07, 6.45) is 1.62. The lowest BCUT2D eigenvalue weighted by Crippen LogP contribution is -2.32. The minimum absolute atomic E-state index is 0.0437. The molecular formula is C25H23N3O5. The second kappa shape index (κ2) is 9.44. The fourth-order valence-electron chi connectivity index (χ4n) is 3.63. The molecule has 3 aromatic rings. The maximum absolute atomic E-state index is 13.5. The maximum Gasteiger partial charge on any atom is 0.278 e. The molecule has 1 aliphatic heterocycles. The Hall–Kier alpha value is -4.33. The zero-order valence-corrected chi connectivity index (χ0v) is 18.5. The van der Waals surface area contributed by atoms with Crippen molar-refractivity contribution in [2.24, 2.45) is 0 Å². The lowest BCUT2D eigenvalue weighted by molar-refractivity contribution is -0.137. The van der Waals surface area contributed by atoms with Crippen molar-refractivity contribution in [3.63, 3.8) is 0 Å². The number of aromatic nitrogens is 1. The van der Waals surface area contributed by atoms with Gasteiger partial charge in [-0.05, 0) is 30.3 Å². The predicted octanol–water partition coefficient (Wildman–Crippen LogP) is 3.50. The van der Waals surface area contributed by atoms with Crippen molar-refractivity contribution >= 4 is 23.1 Å². The van der Waals surface area contributed by atoms with Crippen LogP contribution < -0.4 is 19.5 Å². The van der Waals surface area contributed by atoms with Crippen LogP contribution in [0.3, 0.4) is 0 Å². The van der Waals surface area contributed by atoms with Crippen molar-refractivity contribution in [1.82, 2.24) is 9.88 Å². The van der Waals surface area contributed by atoms with Crippen LogP contribution in [0.4, 0.5) is 5.69 Å². The summed E-state index contributed by atoms with van der Waals surface area (Å²) in [6.45, 7) is 0.0437. The smallest absolute Gasteiger partial charge is 0.278 e. The molecule has 8 nitrogen and oxygen atoms in total. The number of nitrogens with zero attached hydrogens (tertiary/aromatic N) is 2. The Bertz CT molecular complexity index is 1220. The van der Waals surface area contributed by atoms with Crippen LogP contribution in [-0.4, -0.2) is 43.0 Å². The van der Waals surface area contributed by atoms with Gasteiger partial charge in [0.15, 0.2) is 0 Å². The number of nitrogens with one attached hydrogen (secondary N) is 1. The fraction of sp³-hybridized carbons (Fsp3) is 0.160. The third kappa shape index (κ3) is 4.23. The van der Waals surface area contributed by atoms with E-state index in [0.29, 0.717) is 34.2 Å². The van der Waals surface area contributed by atoms with Gasteiger partial charge in [-0.3, -0.25) is 19.5 Å². The molecule has 2 heterocycles. The van der Waals surface area contributed by atoms with E-state index < -0.39 is 11.8 Å². The van der Waals surface area contributed by atoms with Crippen LogP contribution in [0.1, 0.15) is 11.3 Å². The molecule has 1 aliphatic rings. The number of rotatable bonds is 8. The first kappa shape index (κ1) is 21.9. The second-order valence-electron chi connectivity index (χ2n) is 7.16. The number of anilines is 1. The van der Waals surface area contributed by atoms with Gasteiger partial charge in [0, 0.05) is 17.8 Å². The summed E-state index contributed by atoms with van der Waals surface area (Å²) in [5, 5.41) is 3.12. The number of ether oxygens (including phenoxy) is 3. The van der Waals surface area contributed by atoms with E-state index in [1.807, 2.05) is 6.07 Å². The first-order valence-electron chi connectivity index (χ1n) is 10.2. The van der Waals surface area contributed by atoms with Crippen molar-refractivity contribution < 1.29 is 23.8 Å². The van der Waals surface area contributed by atoms with Crippen LogP contribution in [0.15, 0.2) is 72.6 Å². The fourth-order valence-corrected chi connectivity index (χ4v) is 3.63. The molecular weight excluding hydrogens is 422 g/mol. The number of pyridine rings is 1.